The van der Waals surface area contributed by atoms with Crippen molar-refractivity contribution in [2.45, 2.75) is 26.7 Å². The highest BCUT2D eigenvalue weighted by Gasteiger charge is 2.08. The predicted molar refractivity (Wildman–Crippen MR) is 51.9 cm³/mol. The second kappa shape index (κ2) is 2.59. The van der Waals surface area contributed by atoms with Gasteiger partial charge in [-0.2, -0.15) is 0 Å². The van der Waals surface area contributed by atoms with Crippen molar-refractivity contribution < 1.29 is 0 Å². The van der Waals surface area contributed by atoms with Gasteiger partial charge in [0.15, 0.2) is 0 Å². The number of imidazole rings is 1. The maximum Gasteiger partial charge on any atom is 0.122 e. The van der Waals surface area contributed by atoms with Crippen molar-refractivity contribution in [3.8, 4) is 0 Å². The summed E-state index contributed by atoms with van der Waals surface area (Å²) in [4.78, 5) is 5.55. The molecule has 0 radical (unpaired) electrons. The van der Waals surface area contributed by atoms with Crippen LogP contribution < -0.4 is 0 Å². The Bertz CT molecular complexity index is 397. The van der Waals surface area contributed by atoms with E-state index in [2.05, 4.69) is 35.5 Å². The monoisotopic (exact) mass is 180 g/mol. The topological polar surface area (TPSA) is 17.3 Å². The van der Waals surface area contributed by atoms with Crippen LogP contribution >= 0.6 is 11.3 Å². The first-order valence-corrected chi connectivity index (χ1v) is 4.99. The number of rotatable bonds is 1. The van der Waals surface area contributed by atoms with E-state index in [1.54, 1.807) is 11.3 Å². The Morgan fingerprint density at radius 2 is 2.25 bits per heavy atom. The van der Waals surface area contributed by atoms with E-state index >= 15 is 0 Å². The maximum atomic E-state index is 4.27. The van der Waals surface area contributed by atoms with Gasteiger partial charge in [0.2, 0.25) is 0 Å². The quantitative estimate of drug-likeness (QED) is 0.659. The summed E-state index contributed by atoms with van der Waals surface area (Å²) in [7, 11) is 0. The lowest BCUT2D eigenvalue weighted by atomic mass is 10.2. The maximum absolute atomic E-state index is 4.27. The summed E-state index contributed by atoms with van der Waals surface area (Å²) in [5.41, 5.74) is 2.49. The first-order chi connectivity index (χ1) is 5.70. The van der Waals surface area contributed by atoms with Crippen LogP contribution in [0.5, 0.6) is 0 Å². The second-order valence-corrected chi connectivity index (χ2v) is 4.18. The summed E-state index contributed by atoms with van der Waals surface area (Å²) in [5, 5.41) is 2.22. The third-order valence-electron chi connectivity index (χ3n) is 2.06. The molecule has 2 heterocycles. The largest absolute Gasteiger partial charge is 0.293 e. The van der Waals surface area contributed by atoms with Crippen LogP contribution in [0.15, 0.2) is 11.7 Å². The van der Waals surface area contributed by atoms with Crippen molar-refractivity contribution in [3.63, 3.8) is 0 Å². The first-order valence-electron chi connectivity index (χ1n) is 4.11. The summed E-state index contributed by atoms with van der Waals surface area (Å²) in [5.74, 6) is 0.576. The van der Waals surface area contributed by atoms with E-state index in [9.17, 15) is 0 Å². The molecule has 2 aromatic rings. The van der Waals surface area contributed by atoms with E-state index in [-0.39, 0.29) is 0 Å². The lowest BCUT2D eigenvalue weighted by Gasteiger charge is -2.00. The van der Waals surface area contributed by atoms with E-state index < -0.39 is 0 Å². The molecule has 64 valence electrons. The number of nitrogens with zero attached hydrogens (tertiary/aromatic N) is 2. The van der Waals surface area contributed by atoms with Gasteiger partial charge in [0, 0.05) is 11.1 Å². The highest BCUT2D eigenvalue weighted by Crippen LogP contribution is 2.24. The molecular formula is C9H12N2S. The van der Waals surface area contributed by atoms with Crippen LogP contribution in [0.1, 0.15) is 31.2 Å². The second-order valence-electron chi connectivity index (χ2n) is 3.32. The molecule has 0 saturated carbocycles. The molecule has 0 fully saturated rings. The van der Waals surface area contributed by atoms with E-state index in [1.165, 1.54) is 10.5 Å². The van der Waals surface area contributed by atoms with Crippen molar-refractivity contribution in [1.82, 2.24) is 9.38 Å². The van der Waals surface area contributed by atoms with Crippen molar-refractivity contribution >= 4 is 16.2 Å². The summed E-state index contributed by atoms with van der Waals surface area (Å²) in [6.07, 6.45) is 1.91. The Morgan fingerprint density at radius 1 is 1.50 bits per heavy atom. The van der Waals surface area contributed by atoms with Gasteiger partial charge >= 0.3 is 0 Å². The lowest BCUT2D eigenvalue weighted by molar-refractivity contribution is 0.809. The number of aromatic nitrogens is 2. The van der Waals surface area contributed by atoms with Gasteiger partial charge in [-0.25, -0.2) is 4.98 Å². The summed E-state index contributed by atoms with van der Waals surface area (Å²) < 4.78 is 2.19. The van der Waals surface area contributed by atoms with Gasteiger partial charge in [-0.05, 0) is 12.8 Å². The van der Waals surface area contributed by atoms with Crippen LogP contribution in [0.4, 0.5) is 0 Å². The number of aryl methyl sites for hydroxylation is 1. The lowest BCUT2D eigenvalue weighted by Crippen LogP contribution is -1.91. The molecule has 12 heavy (non-hydrogen) atoms. The molecule has 0 aliphatic heterocycles. The van der Waals surface area contributed by atoms with Gasteiger partial charge in [0.25, 0.3) is 0 Å². The van der Waals surface area contributed by atoms with Crippen molar-refractivity contribution in [3.05, 3.63) is 23.1 Å². The average molecular weight is 180 g/mol. The van der Waals surface area contributed by atoms with E-state index in [4.69, 9.17) is 0 Å². The van der Waals surface area contributed by atoms with Gasteiger partial charge < -0.3 is 0 Å². The molecule has 0 N–H and O–H groups in total. The van der Waals surface area contributed by atoms with Gasteiger partial charge in [0.05, 0.1) is 5.69 Å². The predicted octanol–water partition coefficient (Wildman–Crippen LogP) is 2.83. The number of fused-ring (bicyclic) bond motifs is 1. The highest BCUT2D eigenvalue weighted by atomic mass is 32.1. The Morgan fingerprint density at radius 3 is 2.92 bits per heavy atom. The van der Waals surface area contributed by atoms with Crippen LogP contribution in [0.2, 0.25) is 0 Å². The zero-order valence-electron chi connectivity index (χ0n) is 7.53. The van der Waals surface area contributed by atoms with E-state index in [0.717, 1.165) is 5.69 Å². The Kier molecular flexibility index (Phi) is 1.68. The van der Waals surface area contributed by atoms with Crippen molar-refractivity contribution in [2.75, 3.05) is 0 Å². The SMILES string of the molecule is Cc1ncn2c(C(C)C)csc12. The van der Waals surface area contributed by atoms with Crippen LogP contribution in [-0.2, 0) is 0 Å². The molecule has 0 bridgehead atoms. The summed E-state index contributed by atoms with van der Waals surface area (Å²) in [6, 6.07) is 0. The molecule has 0 spiro atoms. The van der Waals surface area contributed by atoms with Gasteiger partial charge in [-0.3, -0.25) is 4.40 Å². The molecule has 0 amide bonds. The third kappa shape index (κ3) is 0.966. The third-order valence-corrected chi connectivity index (χ3v) is 3.13. The minimum absolute atomic E-state index is 0.576. The molecule has 0 aromatic carbocycles. The van der Waals surface area contributed by atoms with Crippen LogP contribution in [0.3, 0.4) is 0 Å². The van der Waals surface area contributed by atoms with Gasteiger partial charge in [-0.15, -0.1) is 11.3 Å². The fourth-order valence-electron chi connectivity index (χ4n) is 1.34. The molecule has 2 aromatic heterocycles. The highest BCUT2D eigenvalue weighted by molar-refractivity contribution is 7.15. The van der Waals surface area contributed by atoms with E-state index in [0.29, 0.717) is 5.92 Å². The molecular weight excluding hydrogens is 168 g/mol. The zero-order valence-corrected chi connectivity index (χ0v) is 8.35. The van der Waals surface area contributed by atoms with Crippen LogP contribution in [0, 0.1) is 6.92 Å². The molecule has 0 aliphatic rings. The molecule has 2 nitrogen and oxygen atoms in total. The normalized spacial score (nSPS) is 11.7. The molecule has 0 aliphatic carbocycles. The fraction of sp³-hybridized carbons (Fsp3) is 0.444. The average Bonchev–Trinajstić information content (AvgIpc) is 2.53. The summed E-state index contributed by atoms with van der Waals surface area (Å²) >= 11 is 1.78. The van der Waals surface area contributed by atoms with Crippen molar-refractivity contribution in [2.24, 2.45) is 0 Å². The van der Waals surface area contributed by atoms with Crippen LogP contribution in [0.25, 0.3) is 4.83 Å². The minimum atomic E-state index is 0.576. The number of hydrogen-bond donors (Lipinski definition) is 0. The van der Waals surface area contributed by atoms with Crippen LogP contribution in [-0.4, -0.2) is 9.38 Å². The Balaban J connectivity index is 2.71. The Labute approximate surface area is 75.9 Å². The van der Waals surface area contributed by atoms with E-state index in [1.807, 2.05) is 6.33 Å². The number of hydrogen-bond acceptors (Lipinski definition) is 2. The molecule has 3 heteroatoms. The minimum Gasteiger partial charge on any atom is -0.293 e. The smallest absolute Gasteiger partial charge is 0.122 e. The Hall–Kier alpha value is -0.830. The number of thiazole rings is 1. The first kappa shape index (κ1) is 7.80. The summed E-state index contributed by atoms with van der Waals surface area (Å²) in [6.45, 7) is 6.46. The fourth-order valence-corrected chi connectivity index (χ4v) is 2.45. The van der Waals surface area contributed by atoms with Gasteiger partial charge in [-0.1, -0.05) is 13.8 Å². The zero-order chi connectivity index (χ0) is 8.72. The standard InChI is InChI=1S/C9H12N2S/c1-6(2)8-4-12-9-7(3)10-5-11(8)9/h4-6H,1-3H3. The molecule has 2 rings (SSSR count). The van der Waals surface area contributed by atoms with Gasteiger partial charge in [0.1, 0.15) is 11.2 Å². The molecule has 0 unspecified atom stereocenters. The van der Waals surface area contributed by atoms with Crippen molar-refractivity contribution in [1.29, 1.82) is 0 Å². The molecule has 0 atom stereocenters. The molecule has 0 saturated heterocycles.